The van der Waals surface area contributed by atoms with Crippen LogP contribution in [0.25, 0.3) is 22.8 Å². The third-order valence-corrected chi connectivity index (χ3v) is 3.92. The van der Waals surface area contributed by atoms with Gasteiger partial charge >= 0.3 is 0 Å². The Balaban J connectivity index is 2.04. The molecule has 0 atom stereocenters. The smallest absolute Gasteiger partial charge is 0.259 e. The summed E-state index contributed by atoms with van der Waals surface area (Å²) in [5.41, 5.74) is 9.04. The number of anilines is 1. The van der Waals surface area contributed by atoms with Gasteiger partial charge in [0.05, 0.1) is 10.6 Å². The van der Waals surface area contributed by atoms with Crippen LogP contribution in [-0.4, -0.2) is 10.1 Å². The van der Waals surface area contributed by atoms with Crippen molar-refractivity contribution >= 4 is 28.6 Å². The van der Waals surface area contributed by atoms with Gasteiger partial charge in [0.15, 0.2) is 0 Å². The Hall–Kier alpha value is -1.85. The summed E-state index contributed by atoms with van der Waals surface area (Å²) in [4.78, 5) is 4.38. The van der Waals surface area contributed by atoms with Crippen molar-refractivity contribution in [2.24, 2.45) is 0 Å². The van der Waals surface area contributed by atoms with E-state index in [2.05, 4.69) is 10.1 Å². The van der Waals surface area contributed by atoms with Crippen LogP contribution < -0.4 is 5.73 Å². The fraction of sp³-hybridized carbons (Fsp3) is 0.0769. The lowest BCUT2D eigenvalue weighted by atomic mass is 10.2. The predicted octanol–water partition coefficient (Wildman–Crippen LogP) is 4.01. The first-order valence-corrected chi connectivity index (χ1v) is 6.89. The molecule has 0 radical (unpaired) electrons. The molecule has 0 bridgehead atoms. The number of hydrogen-bond donors (Lipinski definition) is 1. The highest BCUT2D eigenvalue weighted by Gasteiger charge is 2.15. The van der Waals surface area contributed by atoms with E-state index in [4.69, 9.17) is 21.9 Å². The van der Waals surface area contributed by atoms with Crippen LogP contribution in [0.5, 0.6) is 0 Å². The van der Waals surface area contributed by atoms with E-state index in [-0.39, 0.29) is 0 Å². The average Bonchev–Trinajstić information content (AvgIpc) is 2.97. The molecule has 0 saturated carbocycles. The zero-order valence-corrected chi connectivity index (χ0v) is 11.6. The first-order valence-electron chi connectivity index (χ1n) is 5.57. The van der Waals surface area contributed by atoms with Gasteiger partial charge in [0, 0.05) is 16.6 Å². The normalized spacial score (nSPS) is 10.8. The molecule has 0 saturated heterocycles. The van der Waals surface area contributed by atoms with Crippen LogP contribution in [-0.2, 0) is 0 Å². The van der Waals surface area contributed by atoms with Gasteiger partial charge in [-0.25, -0.2) is 0 Å². The number of nitrogen functional groups attached to an aromatic ring is 1. The standard InChI is InChI=1S/C13H10ClN3OS/c1-7-5-19-6-10(7)12-16-13(18-17-12)9-3-2-8(15)4-11(9)14/h2-6H,15H2,1H3. The van der Waals surface area contributed by atoms with E-state index in [1.165, 1.54) is 0 Å². The van der Waals surface area contributed by atoms with Crippen LogP contribution in [0.15, 0.2) is 33.5 Å². The van der Waals surface area contributed by atoms with Crippen LogP contribution in [0.2, 0.25) is 5.02 Å². The Bertz CT molecular complexity index is 735. The minimum absolute atomic E-state index is 0.394. The predicted molar refractivity (Wildman–Crippen MR) is 77.2 cm³/mol. The first kappa shape index (κ1) is 12.2. The molecule has 3 aromatic rings. The Morgan fingerprint density at radius 1 is 1.26 bits per heavy atom. The van der Waals surface area contributed by atoms with E-state index in [0.717, 1.165) is 11.1 Å². The topological polar surface area (TPSA) is 64.9 Å². The highest BCUT2D eigenvalue weighted by atomic mass is 35.5. The fourth-order valence-corrected chi connectivity index (χ4v) is 2.83. The zero-order chi connectivity index (χ0) is 13.4. The summed E-state index contributed by atoms with van der Waals surface area (Å²) in [5, 5.41) is 8.53. The third-order valence-electron chi connectivity index (χ3n) is 2.75. The van der Waals surface area contributed by atoms with Gasteiger partial charge in [-0.3, -0.25) is 0 Å². The second kappa shape index (κ2) is 4.68. The molecule has 6 heteroatoms. The molecule has 19 heavy (non-hydrogen) atoms. The molecule has 2 N–H and O–H groups in total. The number of rotatable bonds is 2. The van der Waals surface area contributed by atoms with Gasteiger partial charge in [0.1, 0.15) is 0 Å². The summed E-state index contributed by atoms with van der Waals surface area (Å²) >= 11 is 7.73. The van der Waals surface area contributed by atoms with Crippen molar-refractivity contribution in [1.82, 2.24) is 10.1 Å². The molecule has 2 aromatic heterocycles. The number of nitrogens with two attached hydrogens (primary N) is 1. The highest BCUT2D eigenvalue weighted by Crippen LogP contribution is 2.31. The lowest BCUT2D eigenvalue weighted by Gasteiger charge is -1.99. The van der Waals surface area contributed by atoms with E-state index < -0.39 is 0 Å². The Kier molecular flexibility index (Phi) is 3.00. The SMILES string of the molecule is Cc1cscc1-c1noc(-c2ccc(N)cc2Cl)n1. The zero-order valence-electron chi connectivity index (χ0n) is 10.1. The number of aromatic nitrogens is 2. The number of aryl methyl sites for hydroxylation is 1. The molecule has 96 valence electrons. The highest BCUT2D eigenvalue weighted by molar-refractivity contribution is 7.08. The van der Waals surface area contributed by atoms with Gasteiger partial charge in [-0.2, -0.15) is 16.3 Å². The summed E-state index contributed by atoms with van der Waals surface area (Å²) in [7, 11) is 0. The summed E-state index contributed by atoms with van der Waals surface area (Å²) in [6, 6.07) is 5.19. The van der Waals surface area contributed by atoms with Crippen LogP contribution in [0, 0.1) is 6.92 Å². The van der Waals surface area contributed by atoms with E-state index in [1.807, 2.05) is 17.7 Å². The first-order chi connectivity index (χ1) is 9.15. The van der Waals surface area contributed by atoms with Gasteiger partial charge in [-0.05, 0) is 36.1 Å². The summed E-state index contributed by atoms with van der Waals surface area (Å²) < 4.78 is 5.27. The number of nitrogens with zero attached hydrogens (tertiary/aromatic N) is 2. The van der Waals surface area contributed by atoms with Crippen LogP contribution in [0.4, 0.5) is 5.69 Å². The number of hydrogen-bond acceptors (Lipinski definition) is 5. The van der Waals surface area contributed by atoms with Crippen LogP contribution in [0.1, 0.15) is 5.56 Å². The Morgan fingerprint density at radius 3 is 2.79 bits per heavy atom. The maximum Gasteiger partial charge on any atom is 0.259 e. The molecule has 1 aromatic carbocycles. The summed E-state index contributed by atoms with van der Waals surface area (Å²) in [6.07, 6.45) is 0. The van der Waals surface area contributed by atoms with Crippen LogP contribution in [0.3, 0.4) is 0 Å². The van der Waals surface area contributed by atoms with Crippen molar-refractivity contribution in [3.05, 3.63) is 39.5 Å². The van der Waals surface area contributed by atoms with Crippen molar-refractivity contribution in [3.63, 3.8) is 0 Å². The Morgan fingerprint density at radius 2 is 2.11 bits per heavy atom. The largest absolute Gasteiger partial charge is 0.399 e. The summed E-state index contributed by atoms with van der Waals surface area (Å²) in [6.45, 7) is 2.01. The maximum atomic E-state index is 6.12. The van der Waals surface area contributed by atoms with Gasteiger partial charge in [-0.15, -0.1) is 0 Å². The van der Waals surface area contributed by atoms with Crippen molar-refractivity contribution in [1.29, 1.82) is 0 Å². The van der Waals surface area contributed by atoms with Crippen LogP contribution >= 0.6 is 22.9 Å². The molecule has 0 aliphatic rings. The third kappa shape index (κ3) is 2.22. The van der Waals surface area contributed by atoms with E-state index >= 15 is 0 Å². The lowest BCUT2D eigenvalue weighted by molar-refractivity contribution is 0.432. The molecule has 0 unspecified atom stereocenters. The quantitative estimate of drug-likeness (QED) is 0.725. The molecular formula is C13H10ClN3OS. The molecule has 2 heterocycles. The molecule has 0 aliphatic carbocycles. The minimum Gasteiger partial charge on any atom is -0.399 e. The number of benzene rings is 1. The van der Waals surface area contributed by atoms with Gasteiger partial charge < -0.3 is 10.3 Å². The maximum absolute atomic E-state index is 6.12. The summed E-state index contributed by atoms with van der Waals surface area (Å²) in [5.74, 6) is 0.965. The molecule has 3 rings (SSSR count). The number of halogens is 1. The molecule has 4 nitrogen and oxygen atoms in total. The lowest BCUT2D eigenvalue weighted by Crippen LogP contribution is -1.86. The Labute approximate surface area is 118 Å². The molecule has 0 amide bonds. The monoisotopic (exact) mass is 291 g/mol. The molecule has 0 aliphatic heterocycles. The fourth-order valence-electron chi connectivity index (χ4n) is 1.74. The number of thiophene rings is 1. The van der Waals surface area contributed by atoms with Crippen molar-refractivity contribution in [3.8, 4) is 22.8 Å². The van der Waals surface area contributed by atoms with Crippen molar-refractivity contribution < 1.29 is 4.52 Å². The molecule has 0 fully saturated rings. The molecule has 0 spiro atoms. The van der Waals surface area contributed by atoms with Crippen molar-refractivity contribution in [2.75, 3.05) is 5.73 Å². The average molecular weight is 292 g/mol. The van der Waals surface area contributed by atoms with E-state index in [0.29, 0.717) is 28.0 Å². The minimum atomic E-state index is 0.394. The van der Waals surface area contributed by atoms with Gasteiger partial charge in [-0.1, -0.05) is 16.8 Å². The van der Waals surface area contributed by atoms with E-state index in [9.17, 15) is 0 Å². The van der Waals surface area contributed by atoms with E-state index in [1.54, 1.807) is 29.5 Å². The van der Waals surface area contributed by atoms with Gasteiger partial charge in [0.25, 0.3) is 5.89 Å². The van der Waals surface area contributed by atoms with Gasteiger partial charge in [0.2, 0.25) is 5.82 Å². The second-order valence-corrected chi connectivity index (χ2v) is 5.28. The molecular weight excluding hydrogens is 282 g/mol. The second-order valence-electron chi connectivity index (χ2n) is 4.13. The van der Waals surface area contributed by atoms with Crippen molar-refractivity contribution in [2.45, 2.75) is 6.92 Å².